The fraction of sp³-hybridized carbons (Fsp3) is 0.133. The summed E-state index contributed by atoms with van der Waals surface area (Å²) in [6, 6.07) is 8.05. The molecule has 2 aromatic heterocycles. The van der Waals surface area contributed by atoms with Crippen molar-refractivity contribution in [3.63, 3.8) is 0 Å². The Bertz CT molecular complexity index is 926. The Morgan fingerprint density at radius 2 is 2.31 bits per heavy atom. The first kappa shape index (κ1) is 17.9. The molecule has 0 saturated heterocycles. The minimum absolute atomic E-state index is 0.0188. The van der Waals surface area contributed by atoms with Crippen molar-refractivity contribution in [1.82, 2.24) is 15.2 Å². The second-order valence-corrected chi connectivity index (χ2v) is 6.81. The molecule has 9 nitrogen and oxygen atoms in total. The third-order valence-electron chi connectivity index (χ3n) is 3.23. The molecule has 2 N–H and O–H groups in total. The molecule has 0 radical (unpaired) electrons. The van der Waals surface area contributed by atoms with Crippen molar-refractivity contribution in [3.05, 3.63) is 45.8 Å². The Morgan fingerprint density at radius 1 is 1.46 bits per heavy atom. The molecule has 0 aliphatic carbocycles. The molecular weight excluding hydrogens is 378 g/mol. The Morgan fingerprint density at radius 3 is 3.00 bits per heavy atom. The zero-order chi connectivity index (χ0) is 18.5. The monoisotopic (exact) mass is 391 g/mol. The number of nitro benzene ring substituents is 1. The lowest BCUT2D eigenvalue weighted by Crippen LogP contribution is -2.15. The molecule has 11 heteroatoms. The number of ether oxygens (including phenoxy) is 1. The number of nitrogens with one attached hydrogen (secondary N) is 2. The Labute approximate surface area is 155 Å². The molecule has 134 valence electrons. The first-order valence-electron chi connectivity index (χ1n) is 7.28. The van der Waals surface area contributed by atoms with E-state index in [2.05, 4.69) is 20.5 Å². The van der Waals surface area contributed by atoms with E-state index in [1.165, 1.54) is 30.6 Å². The summed E-state index contributed by atoms with van der Waals surface area (Å²) in [5, 5.41) is 22.9. The van der Waals surface area contributed by atoms with E-state index < -0.39 is 10.8 Å². The van der Waals surface area contributed by atoms with E-state index in [0.717, 1.165) is 16.6 Å². The van der Waals surface area contributed by atoms with Crippen LogP contribution in [0, 0.1) is 10.1 Å². The maximum absolute atomic E-state index is 12.1. The van der Waals surface area contributed by atoms with Gasteiger partial charge < -0.3 is 10.1 Å². The predicted octanol–water partition coefficient (Wildman–Crippen LogP) is 3.18. The minimum atomic E-state index is -0.576. The lowest BCUT2D eigenvalue weighted by atomic mass is 10.2. The van der Waals surface area contributed by atoms with E-state index in [0.29, 0.717) is 16.7 Å². The standard InChI is InChI=1S/C15H13N5O4S2/c1-24-9-4-5-10(11(7-9)20(22)23)16-13(21)8-26-15-17-14(18-19-15)12-3-2-6-25-12/h2-7H,8H2,1H3,(H,16,21)(H,17,18,19). The highest BCUT2D eigenvalue weighted by Gasteiger charge is 2.18. The van der Waals surface area contributed by atoms with Gasteiger partial charge in [-0.2, -0.15) is 0 Å². The summed E-state index contributed by atoms with van der Waals surface area (Å²) in [5.74, 6) is 0.593. The molecule has 0 bridgehead atoms. The van der Waals surface area contributed by atoms with Crippen molar-refractivity contribution >= 4 is 40.4 Å². The van der Waals surface area contributed by atoms with E-state index in [4.69, 9.17) is 4.74 Å². The van der Waals surface area contributed by atoms with Gasteiger partial charge in [-0.1, -0.05) is 17.8 Å². The van der Waals surface area contributed by atoms with Crippen molar-refractivity contribution in [3.8, 4) is 16.5 Å². The van der Waals surface area contributed by atoms with Gasteiger partial charge in [0.25, 0.3) is 5.69 Å². The molecule has 3 aromatic rings. The first-order valence-corrected chi connectivity index (χ1v) is 9.14. The zero-order valence-electron chi connectivity index (χ0n) is 13.5. The summed E-state index contributed by atoms with van der Waals surface area (Å²) >= 11 is 2.66. The van der Waals surface area contributed by atoms with Crippen LogP contribution in [-0.4, -0.2) is 38.9 Å². The third kappa shape index (κ3) is 4.18. The van der Waals surface area contributed by atoms with Crippen molar-refractivity contribution in [1.29, 1.82) is 0 Å². The largest absolute Gasteiger partial charge is 0.496 e. The van der Waals surface area contributed by atoms with Crippen molar-refractivity contribution in [2.45, 2.75) is 5.16 Å². The molecule has 3 rings (SSSR count). The topological polar surface area (TPSA) is 123 Å². The van der Waals surface area contributed by atoms with Crippen LogP contribution < -0.4 is 10.1 Å². The summed E-state index contributed by atoms with van der Waals surface area (Å²) in [4.78, 5) is 27.9. The molecule has 0 atom stereocenters. The summed E-state index contributed by atoms with van der Waals surface area (Å²) in [7, 11) is 1.41. The predicted molar refractivity (Wildman–Crippen MR) is 98.7 cm³/mol. The molecule has 2 heterocycles. The Balaban J connectivity index is 1.62. The van der Waals surface area contributed by atoms with Gasteiger partial charge >= 0.3 is 0 Å². The van der Waals surface area contributed by atoms with Gasteiger partial charge in [0.05, 0.1) is 28.7 Å². The van der Waals surface area contributed by atoms with Gasteiger partial charge in [-0.15, -0.1) is 16.4 Å². The molecule has 0 fully saturated rings. The minimum Gasteiger partial charge on any atom is -0.496 e. The first-order chi connectivity index (χ1) is 12.6. The van der Waals surface area contributed by atoms with E-state index in [1.807, 2.05) is 17.5 Å². The van der Waals surface area contributed by atoms with Gasteiger partial charge in [0.1, 0.15) is 11.4 Å². The van der Waals surface area contributed by atoms with Crippen LogP contribution in [0.5, 0.6) is 5.75 Å². The summed E-state index contributed by atoms with van der Waals surface area (Å²) in [6.45, 7) is 0. The van der Waals surface area contributed by atoms with E-state index >= 15 is 0 Å². The highest BCUT2D eigenvalue weighted by molar-refractivity contribution is 7.99. The molecule has 1 amide bonds. The van der Waals surface area contributed by atoms with E-state index in [1.54, 1.807) is 6.07 Å². The molecule has 0 saturated carbocycles. The summed E-state index contributed by atoms with van der Waals surface area (Å²) < 4.78 is 4.96. The lowest BCUT2D eigenvalue weighted by molar-refractivity contribution is -0.384. The van der Waals surface area contributed by atoms with Crippen LogP contribution in [0.25, 0.3) is 10.7 Å². The number of nitrogens with zero attached hydrogens (tertiary/aromatic N) is 3. The van der Waals surface area contributed by atoms with Crippen LogP contribution in [0.15, 0.2) is 40.9 Å². The average Bonchev–Trinajstić information content (AvgIpc) is 3.31. The smallest absolute Gasteiger partial charge is 0.296 e. The number of carbonyl (C=O) groups excluding carboxylic acids is 1. The number of thioether (sulfide) groups is 1. The zero-order valence-corrected chi connectivity index (χ0v) is 15.1. The number of anilines is 1. The molecule has 0 aliphatic rings. The third-order valence-corrected chi connectivity index (χ3v) is 4.95. The molecule has 1 aromatic carbocycles. The average molecular weight is 391 g/mol. The number of benzene rings is 1. The molecule has 0 unspecified atom stereocenters. The van der Waals surface area contributed by atoms with Gasteiger partial charge in [-0.05, 0) is 23.6 Å². The van der Waals surface area contributed by atoms with Gasteiger partial charge in [-0.3, -0.25) is 20.0 Å². The number of thiophene rings is 1. The van der Waals surface area contributed by atoms with E-state index in [9.17, 15) is 14.9 Å². The van der Waals surface area contributed by atoms with E-state index in [-0.39, 0.29) is 17.1 Å². The fourth-order valence-electron chi connectivity index (χ4n) is 2.05. The van der Waals surface area contributed by atoms with Crippen LogP contribution in [0.3, 0.4) is 0 Å². The lowest BCUT2D eigenvalue weighted by Gasteiger charge is -2.06. The van der Waals surface area contributed by atoms with Gasteiger partial charge in [-0.25, -0.2) is 4.98 Å². The maximum atomic E-state index is 12.1. The summed E-state index contributed by atoms with van der Waals surface area (Å²) in [6.07, 6.45) is 0. The quantitative estimate of drug-likeness (QED) is 0.360. The van der Waals surface area contributed by atoms with Gasteiger partial charge in [0, 0.05) is 0 Å². The Kier molecular flexibility index (Phi) is 5.49. The second kappa shape index (κ2) is 7.97. The van der Waals surface area contributed by atoms with Crippen LogP contribution in [0.1, 0.15) is 0 Å². The number of amides is 1. The van der Waals surface area contributed by atoms with Crippen LogP contribution >= 0.6 is 23.1 Å². The highest BCUT2D eigenvalue weighted by Crippen LogP contribution is 2.29. The number of carbonyl (C=O) groups is 1. The molecule has 0 aliphatic heterocycles. The molecular formula is C15H13N5O4S2. The normalized spacial score (nSPS) is 10.5. The number of H-pyrrole nitrogens is 1. The van der Waals surface area contributed by atoms with Crippen molar-refractivity contribution in [2.24, 2.45) is 0 Å². The number of methoxy groups -OCH3 is 1. The van der Waals surface area contributed by atoms with Crippen LogP contribution in [0.2, 0.25) is 0 Å². The molecule has 26 heavy (non-hydrogen) atoms. The molecule has 0 spiro atoms. The fourth-order valence-corrected chi connectivity index (χ4v) is 3.31. The number of aromatic nitrogens is 3. The van der Waals surface area contributed by atoms with Crippen LogP contribution in [-0.2, 0) is 4.79 Å². The summed E-state index contributed by atoms with van der Waals surface area (Å²) in [5.41, 5.74) is -0.128. The number of rotatable bonds is 7. The number of hydrogen-bond donors (Lipinski definition) is 2. The number of hydrogen-bond acceptors (Lipinski definition) is 8. The second-order valence-electron chi connectivity index (χ2n) is 4.92. The van der Waals surface area contributed by atoms with Gasteiger partial charge in [0.2, 0.25) is 11.1 Å². The number of aromatic amines is 1. The number of nitro groups is 1. The van der Waals surface area contributed by atoms with Gasteiger partial charge in [0.15, 0.2) is 5.82 Å². The van der Waals surface area contributed by atoms with Crippen molar-refractivity contribution < 1.29 is 14.5 Å². The van der Waals surface area contributed by atoms with Crippen molar-refractivity contribution in [2.75, 3.05) is 18.2 Å². The SMILES string of the molecule is COc1ccc(NC(=O)CSc2n[nH]c(-c3cccs3)n2)c([N+](=O)[O-])c1. The highest BCUT2D eigenvalue weighted by atomic mass is 32.2. The Hall–Kier alpha value is -2.92. The van der Waals surface area contributed by atoms with Crippen LogP contribution in [0.4, 0.5) is 11.4 Å². The maximum Gasteiger partial charge on any atom is 0.296 e.